The lowest BCUT2D eigenvalue weighted by atomic mass is 10.0. The van der Waals surface area contributed by atoms with Gasteiger partial charge in [0.25, 0.3) is 5.69 Å². The zero-order valence-corrected chi connectivity index (χ0v) is 18.4. The Kier molecular flexibility index (Phi) is 6.86. The SMILES string of the molecule is COc1ccc(C(CNc2oc(-c3ccccc3[N+](=O)[O-])nc2C#N)N2CCCCC2)cc1. The van der Waals surface area contributed by atoms with E-state index in [0.717, 1.165) is 37.2 Å². The Labute approximate surface area is 191 Å². The maximum atomic E-state index is 11.4. The zero-order chi connectivity index (χ0) is 23.2. The van der Waals surface area contributed by atoms with Crippen LogP contribution >= 0.6 is 0 Å². The predicted molar refractivity (Wildman–Crippen MR) is 123 cm³/mol. The summed E-state index contributed by atoms with van der Waals surface area (Å²) in [6, 6.07) is 16.2. The van der Waals surface area contributed by atoms with Gasteiger partial charge >= 0.3 is 0 Å². The Balaban J connectivity index is 1.60. The average molecular weight is 447 g/mol. The Morgan fingerprint density at radius 1 is 1.21 bits per heavy atom. The lowest BCUT2D eigenvalue weighted by Crippen LogP contribution is -2.37. The van der Waals surface area contributed by atoms with Crippen molar-refractivity contribution in [1.82, 2.24) is 9.88 Å². The molecule has 9 heteroatoms. The fourth-order valence-electron chi connectivity index (χ4n) is 4.15. The van der Waals surface area contributed by atoms with Crippen LogP contribution in [0.25, 0.3) is 11.5 Å². The van der Waals surface area contributed by atoms with Crippen LogP contribution in [0.1, 0.15) is 36.6 Å². The molecule has 1 unspecified atom stereocenters. The molecule has 0 spiro atoms. The lowest BCUT2D eigenvalue weighted by Gasteiger charge is -2.35. The number of aromatic nitrogens is 1. The number of hydrogen-bond acceptors (Lipinski definition) is 8. The van der Waals surface area contributed by atoms with E-state index in [1.807, 2.05) is 30.3 Å². The molecule has 1 atom stereocenters. The van der Waals surface area contributed by atoms with Gasteiger partial charge in [0.05, 0.1) is 18.1 Å². The summed E-state index contributed by atoms with van der Waals surface area (Å²) in [4.78, 5) is 17.5. The van der Waals surface area contributed by atoms with Gasteiger partial charge in [0, 0.05) is 12.6 Å². The molecule has 0 amide bonds. The third kappa shape index (κ3) is 4.96. The zero-order valence-electron chi connectivity index (χ0n) is 18.4. The molecule has 1 fully saturated rings. The second-order valence-electron chi connectivity index (χ2n) is 7.85. The molecule has 1 N–H and O–H groups in total. The first kappa shape index (κ1) is 22.3. The minimum atomic E-state index is -0.491. The van der Waals surface area contributed by atoms with Crippen LogP contribution in [-0.4, -0.2) is 41.6 Å². The number of ether oxygens (including phenoxy) is 1. The highest BCUT2D eigenvalue weighted by Crippen LogP contribution is 2.33. The van der Waals surface area contributed by atoms with Crippen LogP contribution in [0.4, 0.5) is 11.6 Å². The van der Waals surface area contributed by atoms with Gasteiger partial charge in [0.2, 0.25) is 17.5 Å². The minimum Gasteiger partial charge on any atom is -0.497 e. The molecular formula is C24H25N5O4. The number of benzene rings is 2. The number of nitriles is 1. The van der Waals surface area contributed by atoms with Crippen LogP contribution < -0.4 is 10.1 Å². The summed E-state index contributed by atoms with van der Waals surface area (Å²) < 4.78 is 11.1. The monoisotopic (exact) mass is 447 g/mol. The van der Waals surface area contributed by atoms with E-state index in [9.17, 15) is 15.4 Å². The fourth-order valence-corrected chi connectivity index (χ4v) is 4.15. The van der Waals surface area contributed by atoms with Gasteiger partial charge in [-0.25, -0.2) is 0 Å². The summed E-state index contributed by atoms with van der Waals surface area (Å²) in [5, 5.41) is 24.2. The maximum Gasteiger partial charge on any atom is 0.282 e. The fraction of sp³-hybridized carbons (Fsp3) is 0.333. The first-order valence-electron chi connectivity index (χ1n) is 10.9. The third-order valence-electron chi connectivity index (χ3n) is 5.85. The van der Waals surface area contributed by atoms with Crippen LogP contribution in [0.5, 0.6) is 5.75 Å². The highest BCUT2D eigenvalue weighted by Gasteiger charge is 2.25. The molecule has 33 heavy (non-hydrogen) atoms. The van der Waals surface area contributed by atoms with Crippen molar-refractivity contribution < 1.29 is 14.1 Å². The smallest absolute Gasteiger partial charge is 0.282 e. The molecule has 170 valence electrons. The van der Waals surface area contributed by atoms with Gasteiger partial charge in [-0.2, -0.15) is 10.2 Å². The molecule has 9 nitrogen and oxygen atoms in total. The Hall–Kier alpha value is -3.90. The van der Waals surface area contributed by atoms with Crippen molar-refractivity contribution in [3.63, 3.8) is 0 Å². The van der Waals surface area contributed by atoms with Crippen molar-refractivity contribution >= 4 is 11.6 Å². The molecule has 1 aliphatic heterocycles. The standard InChI is InChI=1S/C24H25N5O4/c1-32-18-11-9-17(10-12-18)22(28-13-5-2-6-14-28)16-26-24-20(15-25)27-23(33-24)19-7-3-4-8-21(19)29(30)31/h3-4,7-12,22,26H,2,5-6,13-14,16H2,1H3. The van der Waals surface area contributed by atoms with E-state index in [2.05, 4.69) is 15.2 Å². The highest BCUT2D eigenvalue weighted by atomic mass is 16.6. The van der Waals surface area contributed by atoms with E-state index in [0.29, 0.717) is 6.54 Å². The number of hydrogen-bond donors (Lipinski definition) is 1. The van der Waals surface area contributed by atoms with E-state index in [1.54, 1.807) is 25.3 Å². The van der Waals surface area contributed by atoms with Crippen molar-refractivity contribution in [2.75, 3.05) is 32.1 Å². The molecule has 2 aromatic carbocycles. The van der Waals surface area contributed by atoms with Gasteiger partial charge in [-0.3, -0.25) is 15.0 Å². The van der Waals surface area contributed by atoms with Crippen molar-refractivity contribution in [2.24, 2.45) is 0 Å². The van der Waals surface area contributed by atoms with Gasteiger partial charge in [-0.15, -0.1) is 0 Å². The van der Waals surface area contributed by atoms with Crippen molar-refractivity contribution in [1.29, 1.82) is 5.26 Å². The van der Waals surface area contributed by atoms with Crippen molar-refractivity contribution in [3.05, 3.63) is 69.9 Å². The van der Waals surface area contributed by atoms with Gasteiger partial charge in [0.15, 0.2) is 0 Å². The van der Waals surface area contributed by atoms with E-state index >= 15 is 0 Å². The van der Waals surface area contributed by atoms with Crippen LogP contribution in [0.15, 0.2) is 52.9 Å². The molecule has 3 aromatic rings. The van der Waals surface area contributed by atoms with Crippen LogP contribution in [0, 0.1) is 21.4 Å². The number of likely N-dealkylation sites (tertiary alicyclic amines) is 1. The molecule has 1 aromatic heterocycles. The number of nitro benzene ring substituents is 1. The summed E-state index contributed by atoms with van der Waals surface area (Å²) in [6.45, 7) is 2.47. The summed E-state index contributed by atoms with van der Waals surface area (Å²) in [5.74, 6) is 1.04. The summed E-state index contributed by atoms with van der Waals surface area (Å²) >= 11 is 0. The summed E-state index contributed by atoms with van der Waals surface area (Å²) in [7, 11) is 1.64. The van der Waals surface area contributed by atoms with E-state index in [1.165, 1.54) is 12.5 Å². The number of oxazole rings is 1. The first-order valence-corrected chi connectivity index (χ1v) is 10.9. The molecule has 1 saturated heterocycles. The van der Waals surface area contributed by atoms with E-state index in [-0.39, 0.29) is 34.8 Å². The maximum absolute atomic E-state index is 11.4. The summed E-state index contributed by atoms with van der Waals surface area (Å²) in [6.07, 6.45) is 3.50. The Bertz CT molecular complexity index is 1150. The molecular weight excluding hydrogens is 422 g/mol. The number of piperidine rings is 1. The number of nitrogens with zero attached hydrogens (tertiary/aromatic N) is 4. The highest BCUT2D eigenvalue weighted by molar-refractivity contribution is 5.68. The van der Waals surface area contributed by atoms with Gasteiger partial charge < -0.3 is 14.5 Å². The minimum absolute atomic E-state index is 0.0420. The second kappa shape index (κ2) is 10.1. The third-order valence-corrected chi connectivity index (χ3v) is 5.85. The molecule has 2 heterocycles. The van der Waals surface area contributed by atoms with E-state index in [4.69, 9.17) is 9.15 Å². The van der Waals surface area contributed by atoms with Crippen LogP contribution in [0.2, 0.25) is 0 Å². The molecule has 1 aliphatic rings. The second-order valence-corrected chi connectivity index (χ2v) is 7.85. The van der Waals surface area contributed by atoms with Crippen LogP contribution in [0.3, 0.4) is 0 Å². The lowest BCUT2D eigenvalue weighted by molar-refractivity contribution is -0.384. The number of rotatable bonds is 8. The van der Waals surface area contributed by atoms with Gasteiger partial charge in [-0.1, -0.05) is 30.7 Å². The van der Waals surface area contributed by atoms with E-state index < -0.39 is 4.92 Å². The number of para-hydroxylation sites is 1. The normalized spacial score (nSPS) is 14.9. The number of anilines is 1. The number of nitro groups is 1. The first-order chi connectivity index (χ1) is 16.1. The number of nitrogens with one attached hydrogen (secondary N) is 1. The quantitative estimate of drug-likeness (QED) is 0.388. The number of methoxy groups -OCH3 is 1. The molecule has 4 rings (SSSR count). The average Bonchev–Trinajstić information content (AvgIpc) is 3.28. The molecule has 0 saturated carbocycles. The Morgan fingerprint density at radius 2 is 1.94 bits per heavy atom. The topological polar surface area (TPSA) is 117 Å². The van der Waals surface area contributed by atoms with Gasteiger partial charge in [-0.05, 0) is 49.7 Å². The van der Waals surface area contributed by atoms with Crippen molar-refractivity contribution in [2.45, 2.75) is 25.3 Å². The molecule has 0 bridgehead atoms. The largest absolute Gasteiger partial charge is 0.497 e. The summed E-state index contributed by atoms with van der Waals surface area (Å²) in [5.41, 5.74) is 1.30. The van der Waals surface area contributed by atoms with Crippen LogP contribution in [-0.2, 0) is 0 Å². The molecule has 0 aliphatic carbocycles. The van der Waals surface area contributed by atoms with Gasteiger partial charge in [0.1, 0.15) is 17.4 Å². The van der Waals surface area contributed by atoms with Crippen molar-refractivity contribution in [3.8, 4) is 23.3 Å². The molecule has 0 radical (unpaired) electrons. The predicted octanol–water partition coefficient (Wildman–Crippen LogP) is 4.77. The Morgan fingerprint density at radius 3 is 2.61 bits per heavy atom.